The molecule has 0 atom stereocenters. The van der Waals surface area contributed by atoms with E-state index in [2.05, 4.69) is 0 Å². The molecule has 0 unspecified atom stereocenters. The molecular weight excluding hydrogens is 786 g/mol. The minimum absolute atomic E-state index is 0.00437. The predicted molar refractivity (Wildman–Crippen MR) is 214 cm³/mol. The van der Waals surface area contributed by atoms with Gasteiger partial charge in [0.15, 0.2) is 0 Å². The van der Waals surface area contributed by atoms with Gasteiger partial charge >= 0.3 is 5.97 Å². The Morgan fingerprint density at radius 2 is 0.492 bits per heavy atom. The molecule has 0 spiro atoms. The Hall–Kier alpha value is -1.76. The molecule has 0 bridgehead atoms. The van der Waals surface area contributed by atoms with E-state index in [1.54, 1.807) is 0 Å². The summed E-state index contributed by atoms with van der Waals surface area (Å²) in [5.74, 6) is -0.870. The zero-order chi connectivity index (χ0) is 43.1. The lowest BCUT2D eigenvalue weighted by Crippen LogP contribution is -2.15. The first kappa shape index (κ1) is 59.3. The number of rotatable bonds is 51. The van der Waals surface area contributed by atoms with Crippen LogP contribution in [0.1, 0.15) is 12.8 Å². The van der Waals surface area contributed by atoms with Crippen molar-refractivity contribution in [2.24, 2.45) is 11.5 Å². The van der Waals surface area contributed by atoms with Crippen molar-refractivity contribution >= 4 is 5.97 Å². The van der Waals surface area contributed by atoms with Crippen LogP contribution in [0.15, 0.2) is 0 Å². The van der Waals surface area contributed by atoms with Gasteiger partial charge in [0, 0.05) is 13.1 Å². The monoisotopic (exact) mass is 864 g/mol. The van der Waals surface area contributed by atoms with Crippen molar-refractivity contribution in [3.8, 4) is 6.07 Å². The minimum Gasteiger partial charge on any atom is -0.481 e. The van der Waals surface area contributed by atoms with E-state index >= 15 is 0 Å². The van der Waals surface area contributed by atoms with Gasteiger partial charge in [-0.3, -0.25) is 4.79 Å². The molecule has 0 aliphatic rings. The van der Waals surface area contributed by atoms with Gasteiger partial charge in [0.25, 0.3) is 0 Å². The third-order valence-electron chi connectivity index (χ3n) is 6.55. The Morgan fingerprint density at radius 1 is 0.322 bits per heavy atom. The van der Waals surface area contributed by atoms with Crippen LogP contribution in [-0.2, 0) is 80.6 Å². The third kappa shape index (κ3) is 63.0. The van der Waals surface area contributed by atoms with Crippen LogP contribution in [0.3, 0.4) is 0 Å². The van der Waals surface area contributed by atoms with E-state index in [0.29, 0.717) is 224 Å². The van der Waals surface area contributed by atoms with Crippen LogP contribution < -0.4 is 11.5 Å². The lowest BCUT2D eigenvalue weighted by molar-refractivity contribution is -0.138. The number of carbonyl (C=O) groups is 1. The fourth-order valence-electron chi connectivity index (χ4n) is 3.73. The maximum absolute atomic E-state index is 10.3. The summed E-state index contributed by atoms with van der Waals surface area (Å²) in [6.07, 6.45) is 0.412. The Labute approximate surface area is 351 Å². The lowest BCUT2D eigenvalue weighted by Gasteiger charge is -2.08. The van der Waals surface area contributed by atoms with Crippen molar-refractivity contribution in [3.05, 3.63) is 0 Å². The van der Waals surface area contributed by atoms with Crippen LogP contribution >= 0.6 is 0 Å². The van der Waals surface area contributed by atoms with Crippen LogP contribution in [-0.4, -0.2) is 236 Å². The largest absolute Gasteiger partial charge is 0.481 e. The molecule has 0 aromatic rings. The highest BCUT2D eigenvalue weighted by Crippen LogP contribution is 1.89. The molecule has 5 N–H and O–H groups in total. The summed E-state index contributed by atoms with van der Waals surface area (Å²) in [7, 11) is 0. The Kier molecular flexibility index (Phi) is 58.7. The molecule has 0 saturated heterocycles. The van der Waals surface area contributed by atoms with Crippen molar-refractivity contribution in [1.82, 2.24) is 0 Å². The van der Waals surface area contributed by atoms with Gasteiger partial charge in [-0.1, -0.05) is 0 Å². The molecule has 21 nitrogen and oxygen atoms in total. The summed E-state index contributed by atoms with van der Waals surface area (Å²) in [6.45, 7) is 17.0. The molecule has 0 aliphatic carbocycles. The normalized spacial score (nSPS) is 11.1. The van der Waals surface area contributed by atoms with Crippen molar-refractivity contribution in [2.45, 2.75) is 12.8 Å². The van der Waals surface area contributed by atoms with Crippen LogP contribution in [0.5, 0.6) is 0 Å². The van der Waals surface area contributed by atoms with Crippen molar-refractivity contribution in [2.75, 3.05) is 225 Å². The average Bonchev–Trinajstić information content (AvgIpc) is 3.23. The smallest absolute Gasteiger partial charge is 0.305 e. The summed E-state index contributed by atoms with van der Waals surface area (Å²) in [4.78, 5) is 10.3. The summed E-state index contributed by atoms with van der Waals surface area (Å²) in [5.41, 5.74) is 10.6. The SMILES string of the molecule is N#CCCOCCOCCOCCOCCOCCOCCOCCOCCN.NCCOCCOCCOCCOCCOCCOCCOCCOCCC(=O)O. The quantitative estimate of drug-likeness (QED) is 0.0654. The molecule has 0 aromatic carbocycles. The first-order valence-electron chi connectivity index (χ1n) is 20.4. The van der Waals surface area contributed by atoms with E-state index in [-0.39, 0.29) is 13.0 Å². The molecule has 0 heterocycles. The van der Waals surface area contributed by atoms with Gasteiger partial charge in [0.1, 0.15) is 0 Å². The number of aliphatic carboxylic acids is 1. The molecule has 59 heavy (non-hydrogen) atoms. The second-order valence-electron chi connectivity index (χ2n) is 11.4. The molecule has 0 rings (SSSR count). The van der Waals surface area contributed by atoms with Gasteiger partial charge in [0.05, 0.1) is 230 Å². The second kappa shape index (κ2) is 58.3. The minimum atomic E-state index is -0.870. The average molecular weight is 864 g/mol. The molecule has 352 valence electrons. The zero-order valence-corrected chi connectivity index (χ0v) is 35.4. The molecular formula is C38H77N3O18. The van der Waals surface area contributed by atoms with Gasteiger partial charge in [-0.25, -0.2) is 0 Å². The molecule has 0 fully saturated rings. The number of hydrogen-bond acceptors (Lipinski definition) is 20. The summed E-state index contributed by atoms with van der Waals surface area (Å²) in [5, 5.41) is 16.8. The lowest BCUT2D eigenvalue weighted by atomic mass is 10.5. The highest BCUT2D eigenvalue weighted by molar-refractivity contribution is 5.66. The number of nitrogens with two attached hydrogens (primary N) is 2. The zero-order valence-electron chi connectivity index (χ0n) is 35.4. The van der Waals surface area contributed by atoms with E-state index in [4.69, 9.17) is 97.6 Å². The first-order chi connectivity index (χ1) is 29.2. The highest BCUT2D eigenvalue weighted by atomic mass is 16.6. The summed E-state index contributed by atoms with van der Waals surface area (Å²) in [6, 6.07) is 2.01. The Balaban J connectivity index is 0. The predicted octanol–water partition coefficient (Wildman–Crippen LogP) is -0.456. The molecule has 0 aromatic heterocycles. The number of hydrogen-bond donors (Lipinski definition) is 3. The number of nitrogens with zero attached hydrogens (tertiary/aromatic N) is 1. The van der Waals surface area contributed by atoms with Gasteiger partial charge < -0.3 is 92.4 Å². The number of ether oxygens (including phenoxy) is 16. The van der Waals surface area contributed by atoms with Gasteiger partial charge in [-0.05, 0) is 0 Å². The third-order valence-corrected chi connectivity index (χ3v) is 6.55. The van der Waals surface area contributed by atoms with Crippen LogP contribution in [0.25, 0.3) is 0 Å². The van der Waals surface area contributed by atoms with E-state index in [1.807, 2.05) is 6.07 Å². The molecule has 0 aliphatic heterocycles. The van der Waals surface area contributed by atoms with Crippen molar-refractivity contribution in [1.29, 1.82) is 5.26 Å². The van der Waals surface area contributed by atoms with E-state index in [1.165, 1.54) is 0 Å². The van der Waals surface area contributed by atoms with Crippen LogP contribution in [0.4, 0.5) is 0 Å². The van der Waals surface area contributed by atoms with Gasteiger partial charge in [-0.2, -0.15) is 5.26 Å². The number of nitriles is 1. The maximum atomic E-state index is 10.3. The van der Waals surface area contributed by atoms with Crippen molar-refractivity contribution in [3.63, 3.8) is 0 Å². The maximum Gasteiger partial charge on any atom is 0.305 e. The second-order valence-corrected chi connectivity index (χ2v) is 11.4. The van der Waals surface area contributed by atoms with E-state index in [9.17, 15) is 4.79 Å². The molecule has 0 saturated carbocycles. The number of carboxylic acid groups (broad SMARTS) is 1. The Bertz CT molecular complexity index is 822. The van der Waals surface area contributed by atoms with Crippen LogP contribution in [0.2, 0.25) is 0 Å². The highest BCUT2D eigenvalue weighted by Gasteiger charge is 1.98. The molecule has 0 amide bonds. The Morgan fingerprint density at radius 3 is 0.661 bits per heavy atom. The van der Waals surface area contributed by atoms with E-state index < -0.39 is 5.97 Å². The summed E-state index contributed by atoms with van der Waals surface area (Å²) < 4.78 is 85.0. The van der Waals surface area contributed by atoms with Gasteiger partial charge in [-0.15, -0.1) is 0 Å². The summed E-state index contributed by atoms with van der Waals surface area (Å²) >= 11 is 0. The van der Waals surface area contributed by atoms with Crippen LogP contribution in [0, 0.1) is 11.3 Å². The van der Waals surface area contributed by atoms with Gasteiger partial charge in [0.2, 0.25) is 0 Å². The number of carboxylic acids is 1. The van der Waals surface area contributed by atoms with Crippen molar-refractivity contribution < 1.29 is 85.7 Å². The molecule has 0 radical (unpaired) electrons. The topological polar surface area (TPSA) is 261 Å². The first-order valence-corrected chi connectivity index (χ1v) is 20.4. The molecule has 21 heteroatoms. The van der Waals surface area contributed by atoms with E-state index in [0.717, 1.165) is 0 Å². The standard InChI is InChI=1S/C19H38N2O8.C19H39NO10/c20-2-1-4-22-6-8-24-10-12-26-14-16-28-18-19-29-17-15-27-13-11-25-9-7-23-5-3-21;20-2-4-24-6-8-26-10-12-28-14-16-30-18-17-29-15-13-27-11-9-25-7-5-23-3-1-19(21)22/h1,3-19,21H2;1-18,20H2,(H,21,22). The fraction of sp³-hybridized carbons (Fsp3) is 0.947. The fourth-order valence-corrected chi connectivity index (χ4v) is 3.73.